The minimum absolute atomic E-state index is 0.167. The van der Waals surface area contributed by atoms with Gasteiger partial charge in [-0.05, 0) is 37.1 Å². The Balaban J connectivity index is 1.68. The Morgan fingerprint density at radius 1 is 1.08 bits per heavy atom. The monoisotopic (exact) mass is 346 g/mol. The third-order valence-electron chi connectivity index (χ3n) is 4.46. The number of nitrogens with zero attached hydrogens (tertiary/aromatic N) is 1. The smallest absolute Gasteiger partial charge is 0.255 e. The quantitative estimate of drug-likeness (QED) is 0.585. The number of furan rings is 1. The molecule has 2 aromatic carbocycles. The van der Waals surface area contributed by atoms with Gasteiger partial charge in [-0.3, -0.25) is 4.79 Å². The van der Waals surface area contributed by atoms with Crippen LogP contribution < -0.4 is 5.32 Å². The number of aromatic nitrogens is 1. The molecule has 0 aliphatic rings. The molecule has 0 aliphatic heterocycles. The maximum atomic E-state index is 12.7. The van der Waals surface area contributed by atoms with Crippen LogP contribution in [0.25, 0.3) is 22.1 Å². The SMILES string of the molecule is Cc1noc(C)c1-c1ccc(C(=O)NCc2ccccc2)c2occc12. The number of aryl methyl sites for hydroxylation is 2. The lowest BCUT2D eigenvalue weighted by Gasteiger charge is -2.08. The van der Waals surface area contributed by atoms with Crippen LogP contribution in [0.1, 0.15) is 27.4 Å². The van der Waals surface area contributed by atoms with E-state index in [0.29, 0.717) is 17.7 Å². The number of hydrogen-bond donors (Lipinski definition) is 1. The van der Waals surface area contributed by atoms with Gasteiger partial charge in [0.15, 0.2) is 0 Å². The van der Waals surface area contributed by atoms with Crippen LogP contribution in [0.3, 0.4) is 0 Å². The highest BCUT2D eigenvalue weighted by Gasteiger charge is 2.19. The third-order valence-corrected chi connectivity index (χ3v) is 4.46. The van der Waals surface area contributed by atoms with Crippen LogP contribution in [0.4, 0.5) is 0 Å². The van der Waals surface area contributed by atoms with Crippen molar-refractivity contribution in [1.82, 2.24) is 10.5 Å². The molecule has 0 spiro atoms. The predicted molar refractivity (Wildman–Crippen MR) is 98.8 cm³/mol. The van der Waals surface area contributed by atoms with Crippen molar-refractivity contribution in [3.63, 3.8) is 0 Å². The summed E-state index contributed by atoms with van der Waals surface area (Å²) < 4.78 is 10.9. The molecule has 1 amide bonds. The average molecular weight is 346 g/mol. The van der Waals surface area contributed by atoms with Crippen molar-refractivity contribution in [3.05, 3.63) is 77.4 Å². The van der Waals surface area contributed by atoms with Gasteiger partial charge in [0.2, 0.25) is 0 Å². The number of benzene rings is 2. The zero-order valence-corrected chi connectivity index (χ0v) is 14.6. The lowest BCUT2D eigenvalue weighted by atomic mass is 9.98. The van der Waals surface area contributed by atoms with E-state index in [2.05, 4.69) is 10.5 Å². The summed E-state index contributed by atoms with van der Waals surface area (Å²) in [6.07, 6.45) is 1.60. The lowest BCUT2D eigenvalue weighted by molar-refractivity contribution is 0.0951. The van der Waals surface area contributed by atoms with Gasteiger partial charge in [-0.15, -0.1) is 0 Å². The predicted octanol–water partition coefficient (Wildman–Crippen LogP) is 4.63. The topological polar surface area (TPSA) is 68.3 Å². The highest BCUT2D eigenvalue weighted by atomic mass is 16.5. The van der Waals surface area contributed by atoms with Crippen molar-refractivity contribution >= 4 is 16.9 Å². The number of carbonyl (C=O) groups excluding carboxylic acids is 1. The standard InChI is InChI=1S/C21H18N2O3/c1-13-19(14(2)26-23-13)16-8-9-18(20-17(16)10-11-25-20)21(24)22-12-15-6-4-3-5-7-15/h3-11H,12H2,1-2H3,(H,22,24). The summed E-state index contributed by atoms with van der Waals surface area (Å²) in [7, 11) is 0. The fraction of sp³-hybridized carbons (Fsp3) is 0.143. The van der Waals surface area contributed by atoms with Crippen LogP contribution in [0.2, 0.25) is 0 Å². The largest absolute Gasteiger partial charge is 0.463 e. The molecule has 0 bridgehead atoms. The number of rotatable bonds is 4. The van der Waals surface area contributed by atoms with E-state index in [9.17, 15) is 4.79 Å². The Hall–Kier alpha value is -3.34. The number of nitrogens with one attached hydrogen (secondary N) is 1. The van der Waals surface area contributed by atoms with Crippen molar-refractivity contribution in [2.24, 2.45) is 0 Å². The minimum atomic E-state index is -0.167. The molecule has 4 rings (SSSR count). The summed E-state index contributed by atoms with van der Waals surface area (Å²) in [4.78, 5) is 12.7. The van der Waals surface area contributed by atoms with E-state index < -0.39 is 0 Å². The Morgan fingerprint density at radius 2 is 1.88 bits per heavy atom. The molecule has 2 heterocycles. The zero-order valence-electron chi connectivity index (χ0n) is 14.6. The number of carbonyl (C=O) groups is 1. The van der Waals surface area contributed by atoms with Crippen molar-refractivity contribution in [2.75, 3.05) is 0 Å². The van der Waals surface area contributed by atoms with Crippen LogP contribution >= 0.6 is 0 Å². The Bertz CT molecular complexity index is 1060. The van der Waals surface area contributed by atoms with Gasteiger partial charge in [-0.1, -0.05) is 41.6 Å². The molecule has 4 aromatic rings. The molecule has 130 valence electrons. The summed E-state index contributed by atoms with van der Waals surface area (Å²) >= 11 is 0. The maximum absolute atomic E-state index is 12.7. The van der Waals surface area contributed by atoms with E-state index >= 15 is 0 Å². The van der Waals surface area contributed by atoms with Gasteiger partial charge in [0.1, 0.15) is 11.3 Å². The van der Waals surface area contributed by atoms with Gasteiger partial charge in [-0.2, -0.15) is 0 Å². The first-order valence-corrected chi connectivity index (χ1v) is 8.40. The summed E-state index contributed by atoms with van der Waals surface area (Å²) in [6.45, 7) is 4.24. The van der Waals surface area contributed by atoms with Crippen molar-refractivity contribution in [3.8, 4) is 11.1 Å². The molecule has 5 nitrogen and oxygen atoms in total. The average Bonchev–Trinajstić information content (AvgIpc) is 3.27. The molecule has 26 heavy (non-hydrogen) atoms. The number of hydrogen-bond acceptors (Lipinski definition) is 4. The Morgan fingerprint density at radius 3 is 2.62 bits per heavy atom. The molecule has 0 atom stereocenters. The maximum Gasteiger partial charge on any atom is 0.255 e. The fourth-order valence-electron chi connectivity index (χ4n) is 3.20. The molecule has 0 saturated carbocycles. The molecule has 5 heteroatoms. The minimum Gasteiger partial charge on any atom is -0.463 e. The lowest BCUT2D eigenvalue weighted by Crippen LogP contribution is -2.22. The number of fused-ring (bicyclic) bond motifs is 1. The highest BCUT2D eigenvalue weighted by molar-refractivity contribution is 6.09. The van der Waals surface area contributed by atoms with Crippen LogP contribution in [0.15, 0.2) is 63.7 Å². The van der Waals surface area contributed by atoms with Crippen molar-refractivity contribution < 1.29 is 13.7 Å². The van der Waals surface area contributed by atoms with E-state index in [1.807, 2.05) is 56.3 Å². The van der Waals surface area contributed by atoms with Crippen molar-refractivity contribution in [1.29, 1.82) is 0 Å². The van der Waals surface area contributed by atoms with Crippen LogP contribution in [0.5, 0.6) is 0 Å². The molecule has 2 aromatic heterocycles. The first-order chi connectivity index (χ1) is 12.6. The first kappa shape index (κ1) is 16.1. The molecule has 0 aliphatic carbocycles. The molecule has 0 fully saturated rings. The highest BCUT2D eigenvalue weighted by Crippen LogP contribution is 2.35. The van der Waals surface area contributed by atoms with Gasteiger partial charge in [0.05, 0.1) is 17.5 Å². The summed E-state index contributed by atoms with van der Waals surface area (Å²) in [6, 6.07) is 15.4. The molecule has 0 radical (unpaired) electrons. The van der Waals surface area contributed by atoms with Crippen molar-refractivity contribution in [2.45, 2.75) is 20.4 Å². The molecule has 1 N–H and O–H groups in total. The van der Waals surface area contributed by atoms with E-state index in [1.54, 1.807) is 12.3 Å². The van der Waals surface area contributed by atoms with E-state index in [-0.39, 0.29) is 5.91 Å². The number of amides is 1. The summed E-state index contributed by atoms with van der Waals surface area (Å²) in [5.74, 6) is 0.574. The van der Waals surface area contributed by atoms with E-state index in [4.69, 9.17) is 8.94 Å². The van der Waals surface area contributed by atoms with Gasteiger partial charge in [0.25, 0.3) is 5.91 Å². The van der Waals surface area contributed by atoms with Gasteiger partial charge >= 0.3 is 0 Å². The Labute approximate surface area is 150 Å². The molecular formula is C21H18N2O3. The second-order valence-corrected chi connectivity index (χ2v) is 6.19. The van der Waals surface area contributed by atoms with Gasteiger partial charge < -0.3 is 14.3 Å². The fourth-order valence-corrected chi connectivity index (χ4v) is 3.20. The van der Waals surface area contributed by atoms with Gasteiger partial charge in [0, 0.05) is 17.5 Å². The second kappa shape index (κ2) is 6.52. The molecule has 0 saturated heterocycles. The normalized spacial score (nSPS) is 11.0. The third kappa shape index (κ3) is 2.77. The van der Waals surface area contributed by atoms with E-state index in [0.717, 1.165) is 33.5 Å². The summed E-state index contributed by atoms with van der Waals surface area (Å²) in [5, 5.41) is 7.83. The van der Waals surface area contributed by atoms with Crippen LogP contribution in [-0.2, 0) is 6.54 Å². The van der Waals surface area contributed by atoms with Crippen LogP contribution in [0, 0.1) is 13.8 Å². The van der Waals surface area contributed by atoms with Gasteiger partial charge in [-0.25, -0.2) is 0 Å². The molecular weight excluding hydrogens is 328 g/mol. The van der Waals surface area contributed by atoms with Crippen LogP contribution in [-0.4, -0.2) is 11.1 Å². The second-order valence-electron chi connectivity index (χ2n) is 6.19. The van der Waals surface area contributed by atoms with E-state index in [1.165, 1.54) is 0 Å². The molecule has 0 unspecified atom stereocenters. The summed E-state index contributed by atoms with van der Waals surface area (Å²) in [5.41, 5.74) is 4.82. The zero-order chi connectivity index (χ0) is 18.1. The first-order valence-electron chi connectivity index (χ1n) is 8.40. The Kier molecular flexibility index (Phi) is 4.05.